The van der Waals surface area contributed by atoms with Crippen LogP contribution in [0.2, 0.25) is 0 Å². The third kappa shape index (κ3) is 4.67. The summed E-state index contributed by atoms with van der Waals surface area (Å²) >= 11 is 0. The average Bonchev–Trinajstić information content (AvgIpc) is 2.67. The van der Waals surface area contributed by atoms with Crippen molar-refractivity contribution in [3.05, 3.63) is 52.1 Å². The van der Waals surface area contributed by atoms with Crippen molar-refractivity contribution in [3.8, 4) is 17.2 Å². The zero-order valence-corrected chi connectivity index (χ0v) is 15.3. The van der Waals surface area contributed by atoms with Crippen molar-refractivity contribution >= 4 is 23.3 Å². The molecule has 0 unspecified atom stereocenters. The summed E-state index contributed by atoms with van der Waals surface area (Å²) in [6.07, 6.45) is -1.21. The highest BCUT2D eigenvalue weighted by Gasteiger charge is 2.23. The van der Waals surface area contributed by atoms with Crippen molar-refractivity contribution in [2.75, 3.05) is 19.5 Å². The van der Waals surface area contributed by atoms with E-state index in [-0.39, 0.29) is 28.4 Å². The van der Waals surface area contributed by atoms with Crippen LogP contribution < -0.4 is 14.8 Å². The van der Waals surface area contributed by atoms with Crippen LogP contribution in [-0.4, -0.2) is 42.2 Å². The van der Waals surface area contributed by atoms with Gasteiger partial charge in [0.25, 0.3) is 11.6 Å². The molecule has 2 aromatic carbocycles. The first-order chi connectivity index (χ1) is 13.3. The molecular formula is C18H18N2O8. The van der Waals surface area contributed by atoms with Gasteiger partial charge in [0.1, 0.15) is 22.8 Å². The molecule has 2 N–H and O–H groups in total. The number of phenolic OH excluding ortho intramolecular Hbond substituents is 1. The van der Waals surface area contributed by atoms with E-state index in [1.807, 2.05) is 0 Å². The first-order valence-electron chi connectivity index (χ1n) is 7.98. The lowest BCUT2D eigenvalue weighted by Crippen LogP contribution is -2.30. The Bertz CT molecular complexity index is 912. The highest BCUT2D eigenvalue weighted by Crippen LogP contribution is 2.29. The standard InChI is InChI=1S/C18H18N2O8/c1-10(28-18(23)13-6-5-12(26-2)9-15(13)21)17(22)19-14-7-4-11(20(24)25)8-16(14)27-3/h4-10,21H,1-3H3,(H,19,22)/t10-/m0/s1. The minimum Gasteiger partial charge on any atom is -0.507 e. The lowest BCUT2D eigenvalue weighted by molar-refractivity contribution is -0.384. The number of nitrogens with zero attached hydrogens (tertiary/aromatic N) is 1. The van der Waals surface area contributed by atoms with E-state index in [2.05, 4.69) is 5.32 Å². The Kier molecular flexibility index (Phi) is 6.38. The van der Waals surface area contributed by atoms with Gasteiger partial charge in [0, 0.05) is 12.1 Å². The van der Waals surface area contributed by atoms with Crippen molar-refractivity contribution in [3.63, 3.8) is 0 Å². The molecule has 1 amide bonds. The van der Waals surface area contributed by atoms with Gasteiger partial charge in [-0.3, -0.25) is 14.9 Å². The van der Waals surface area contributed by atoms with Crippen LogP contribution in [0, 0.1) is 10.1 Å². The number of benzene rings is 2. The number of hydrogen-bond donors (Lipinski definition) is 2. The van der Waals surface area contributed by atoms with E-state index in [1.165, 1.54) is 51.5 Å². The van der Waals surface area contributed by atoms with Gasteiger partial charge in [-0.25, -0.2) is 4.79 Å². The van der Waals surface area contributed by atoms with E-state index in [1.54, 1.807) is 0 Å². The Balaban J connectivity index is 2.09. The van der Waals surface area contributed by atoms with Crippen LogP contribution in [0.15, 0.2) is 36.4 Å². The van der Waals surface area contributed by atoms with Crippen LogP contribution >= 0.6 is 0 Å². The second kappa shape index (κ2) is 8.71. The number of amides is 1. The molecule has 0 radical (unpaired) electrons. The Morgan fingerprint density at radius 3 is 2.43 bits per heavy atom. The van der Waals surface area contributed by atoms with Crippen LogP contribution in [0.1, 0.15) is 17.3 Å². The van der Waals surface area contributed by atoms with Crippen LogP contribution in [0.5, 0.6) is 17.2 Å². The molecule has 0 aliphatic carbocycles. The fraction of sp³-hybridized carbons (Fsp3) is 0.222. The van der Waals surface area contributed by atoms with Gasteiger partial charge in [-0.1, -0.05) is 0 Å². The van der Waals surface area contributed by atoms with Crippen molar-refractivity contribution in [1.29, 1.82) is 0 Å². The number of nitrogens with one attached hydrogen (secondary N) is 1. The van der Waals surface area contributed by atoms with Gasteiger partial charge in [-0.15, -0.1) is 0 Å². The number of carbonyl (C=O) groups excluding carboxylic acids is 2. The molecule has 2 aromatic rings. The van der Waals surface area contributed by atoms with Crippen LogP contribution in [0.3, 0.4) is 0 Å². The SMILES string of the molecule is COc1ccc(C(=O)O[C@@H](C)C(=O)Nc2ccc([N+](=O)[O-])cc2OC)c(O)c1. The summed E-state index contributed by atoms with van der Waals surface area (Å²) in [5, 5.41) is 23.1. The van der Waals surface area contributed by atoms with Crippen molar-refractivity contribution < 1.29 is 33.8 Å². The van der Waals surface area contributed by atoms with Gasteiger partial charge >= 0.3 is 5.97 Å². The van der Waals surface area contributed by atoms with E-state index in [0.717, 1.165) is 6.07 Å². The van der Waals surface area contributed by atoms with Gasteiger partial charge in [0.05, 0.1) is 30.9 Å². The molecule has 0 spiro atoms. The molecule has 148 valence electrons. The highest BCUT2D eigenvalue weighted by molar-refractivity contribution is 5.99. The molecule has 0 fully saturated rings. The second-order valence-corrected chi connectivity index (χ2v) is 5.56. The normalized spacial score (nSPS) is 11.2. The summed E-state index contributed by atoms with van der Waals surface area (Å²) in [7, 11) is 2.70. The number of hydrogen-bond acceptors (Lipinski definition) is 8. The average molecular weight is 390 g/mol. The van der Waals surface area contributed by atoms with Gasteiger partial charge < -0.3 is 24.6 Å². The number of phenols is 1. The minimum absolute atomic E-state index is 0.0777. The Morgan fingerprint density at radius 2 is 1.86 bits per heavy atom. The molecule has 0 saturated carbocycles. The molecule has 0 aliphatic rings. The van der Waals surface area contributed by atoms with Crippen molar-refractivity contribution in [1.82, 2.24) is 0 Å². The third-order valence-electron chi connectivity index (χ3n) is 3.73. The summed E-state index contributed by atoms with van der Waals surface area (Å²) in [5.74, 6) is -1.51. The van der Waals surface area contributed by atoms with Gasteiger partial charge in [0.2, 0.25) is 0 Å². The summed E-state index contributed by atoms with van der Waals surface area (Å²) in [6.45, 7) is 1.34. The quantitative estimate of drug-likeness (QED) is 0.418. The maximum atomic E-state index is 12.3. The molecule has 0 aliphatic heterocycles. The van der Waals surface area contributed by atoms with Crippen LogP contribution in [-0.2, 0) is 9.53 Å². The fourth-order valence-electron chi connectivity index (χ4n) is 2.22. The monoisotopic (exact) mass is 390 g/mol. The molecule has 10 nitrogen and oxygen atoms in total. The van der Waals surface area contributed by atoms with E-state index in [4.69, 9.17) is 14.2 Å². The Morgan fingerprint density at radius 1 is 1.14 bits per heavy atom. The third-order valence-corrected chi connectivity index (χ3v) is 3.73. The molecule has 0 aromatic heterocycles. The maximum absolute atomic E-state index is 12.3. The van der Waals surface area contributed by atoms with Crippen LogP contribution in [0.4, 0.5) is 11.4 Å². The van der Waals surface area contributed by atoms with Gasteiger partial charge in [0.15, 0.2) is 6.10 Å². The predicted molar refractivity (Wildman–Crippen MR) is 97.8 cm³/mol. The van der Waals surface area contributed by atoms with Crippen molar-refractivity contribution in [2.45, 2.75) is 13.0 Å². The van der Waals surface area contributed by atoms with E-state index < -0.39 is 22.9 Å². The zero-order chi connectivity index (χ0) is 20.8. The number of esters is 1. The second-order valence-electron chi connectivity index (χ2n) is 5.56. The zero-order valence-electron chi connectivity index (χ0n) is 15.3. The number of anilines is 1. The van der Waals surface area contributed by atoms with Gasteiger partial charge in [-0.2, -0.15) is 0 Å². The Hall–Kier alpha value is -3.82. The number of nitro groups is 1. The summed E-state index contributed by atoms with van der Waals surface area (Å²) in [5.41, 5.74) is -0.161. The van der Waals surface area contributed by atoms with E-state index >= 15 is 0 Å². The highest BCUT2D eigenvalue weighted by atomic mass is 16.6. The number of carbonyl (C=O) groups is 2. The summed E-state index contributed by atoms with van der Waals surface area (Å²) in [6, 6.07) is 7.66. The number of ether oxygens (including phenoxy) is 3. The number of methoxy groups -OCH3 is 2. The number of aromatic hydroxyl groups is 1. The first kappa shape index (κ1) is 20.5. The molecule has 1 atom stereocenters. The summed E-state index contributed by atoms with van der Waals surface area (Å²) in [4.78, 5) is 34.7. The number of non-ortho nitro benzene ring substituents is 1. The Labute approximate surface area is 159 Å². The largest absolute Gasteiger partial charge is 0.507 e. The predicted octanol–water partition coefficient (Wildman–Crippen LogP) is 2.50. The minimum atomic E-state index is -1.21. The van der Waals surface area contributed by atoms with Gasteiger partial charge in [-0.05, 0) is 25.1 Å². The molecule has 0 bridgehead atoms. The first-order valence-corrected chi connectivity index (χ1v) is 7.98. The molecule has 0 saturated heterocycles. The summed E-state index contributed by atoms with van der Waals surface area (Å²) < 4.78 is 15.0. The smallest absolute Gasteiger partial charge is 0.342 e. The number of nitro benzene ring substituents is 1. The van der Waals surface area contributed by atoms with Crippen molar-refractivity contribution in [2.24, 2.45) is 0 Å². The topological polar surface area (TPSA) is 137 Å². The molecule has 10 heteroatoms. The lowest BCUT2D eigenvalue weighted by atomic mass is 10.2. The molecular weight excluding hydrogens is 372 g/mol. The van der Waals surface area contributed by atoms with Crippen LogP contribution in [0.25, 0.3) is 0 Å². The molecule has 2 rings (SSSR count). The molecule has 28 heavy (non-hydrogen) atoms. The lowest BCUT2D eigenvalue weighted by Gasteiger charge is -2.15. The molecule has 0 heterocycles. The number of rotatable bonds is 7. The van der Waals surface area contributed by atoms with E-state index in [0.29, 0.717) is 5.75 Å². The maximum Gasteiger partial charge on any atom is 0.342 e. The fourth-order valence-corrected chi connectivity index (χ4v) is 2.22. The van der Waals surface area contributed by atoms with E-state index in [9.17, 15) is 24.8 Å².